The van der Waals surface area contributed by atoms with Gasteiger partial charge in [0.15, 0.2) is 0 Å². The van der Waals surface area contributed by atoms with Gasteiger partial charge in [0.1, 0.15) is 0 Å². The third-order valence-electron chi connectivity index (χ3n) is 2.51. The van der Waals surface area contributed by atoms with Crippen molar-refractivity contribution in [2.75, 3.05) is 0 Å². The first kappa shape index (κ1) is 10.6. The molecule has 0 atom stereocenters. The minimum absolute atomic E-state index is 0.0660. The number of rotatable bonds is 1. The van der Waals surface area contributed by atoms with Gasteiger partial charge in [-0.1, -0.05) is 0 Å². The highest BCUT2D eigenvalue weighted by Gasteiger charge is 2.04. The van der Waals surface area contributed by atoms with Crippen molar-refractivity contribution in [2.45, 2.75) is 20.8 Å². The maximum absolute atomic E-state index is 11.1. The molecule has 0 amide bonds. The second kappa shape index (κ2) is 3.93. The average molecular weight is 214 g/mol. The van der Waals surface area contributed by atoms with Gasteiger partial charge in [-0.25, -0.2) is 0 Å². The van der Waals surface area contributed by atoms with Crippen molar-refractivity contribution < 1.29 is 0 Å². The first-order valence-corrected chi connectivity index (χ1v) is 5.22. The van der Waals surface area contributed by atoms with E-state index in [2.05, 4.69) is 9.97 Å². The van der Waals surface area contributed by atoms with Crippen molar-refractivity contribution >= 4 is 0 Å². The number of nitrogens with zero attached hydrogens (tertiary/aromatic N) is 1. The molecule has 0 spiro atoms. The van der Waals surface area contributed by atoms with E-state index in [0.29, 0.717) is 0 Å². The molecule has 16 heavy (non-hydrogen) atoms. The van der Waals surface area contributed by atoms with Crippen molar-refractivity contribution in [3.8, 4) is 11.1 Å². The molecule has 2 aromatic heterocycles. The van der Waals surface area contributed by atoms with E-state index in [-0.39, 0.29) is 5.56 Å². The molecular formula is C13H14N2O. The van der Waals surface area contributed by atoms with E-state index >= 15 is 0 Å². The van der Waals surface area contributed by atoms with Gasteiger partial charge < -0.3 is 4.98 Å². The molecule has 0 unspecified atom stereocenters. The Morgan fingerprint density at radius 1 is 1.06 bits per heavy atom. The molecule has 0 bridgehead atoms. The van der Waals surface area contributed by atoms with Crippen molar-refractivity contribution in [1.29, 1.82) is 0 Å². The number of hydrogen-bond acceptors (Lipinski definition) is 2. The van der Waals surface area contributed by atoms with E-state index in [1.165, 1.54) is 0 Å². The van der Waals surface area contributed by atoms with Crippen LogP contribution in [0.1, 0.15) is 17.1 Å². The van der Waals surface area contributed by atoms with Gasteiger partial charge in [-0.15, -0.1) is 0 Å². The van der Waals surface area contributed by atoms with Gasteiger partial charge in [0.05, 0.1) is 0 Å². The minimum atomic E-state index is -0.0660. The number of aromatic amines is 1. The van der Waals surface area contributed by atoms with Crippen LogP contribution < -0.4 is 5.56 Å². The third kappa shape index (κ3) is 2.03. The van der Waals surface area contributed by atoms with Crippen LogP contribution in [0, 0.1) is 20.8 Å². The second-order valence-electron chi connectivity index (χ2n) is 4.00. The monoisotopic (exact) mass is 214 g/mol. The Morgan fingerprint density at radius 2 is 1.69 bits per heavy atom. The van der Waals surface area contributed by atoms with Crippen molar-refractivity contribution in [2.24, 2.45) is 0 Å². The molecule has 3 heteroatoms. The number of aromatic nitrogens is 2. The zero-order valence-corrected chi connectivity index (χ0v) is 9.66. The van der Waals surface area contributed by atoms with E-state index in [1.807, 2.05) is 39.0 Å². The molecular weight excluding hydrogens is 200 g/mol. The predicted octanol–water partition coefficient (Wildman–Crippen LogP) is 2.36. The second-order valence-corrected chi connectivity index (χ2v) is 4.00. The quantitative estimate of drug-likeness (QED) is 0.792. The van der Waals surface area contributed by atoms with Crippen LogP contribution in [0.15, 0.2) is 29.1 Å². The van der Waals surface area contributed by atoms with Crippen LogP contribution in [-0.2, 0) is 0 Å². The SMILES string of the molecule is Cc1cc(-c2ccc(=O)[nH]c2C)cc(C)n1. The fourth-order valence-electron chi connectivity index (χ4n) is 1.88. The van der Waals surface area contributed by atoms with Crippen molar-refractivity contribution in [1.82, 2.24) is 9.97 Å². The van der Waals surface area contributed by atoms with E-state index < -0.39 is 0 Å². The Bertz CT molecular complexity index is 564. The number of aryl methyl sites for hydroxylation is 3. The fourth-order valence-corrected chi connectivity index (χ4v) is 1.88. The number of pyridine rings is 2. The van der Waals surface area contributed by atoms with Crippen LogP contribution in [0.3, 0.4) is 0 Å². The van der Waals surface area contributed by atoms with Crippen LogP contribution in [0.25, 0.3) is 11.1 Å². The fraction of sp³-hybridized carbons (Fsp3) is 0.231. The number of nitrogens with one attached hydrogen (secondary N) is 1. The minimum Gasteiger partial charge on any atom is -0.326 e. The van der Waals surface area contributed by atoms with Crippen LogP contribution in [-0.4, -0.2) is 9.97 Å². The molecule has 0 aliphatic carbocycles. The third-order valence-corrected chi connectivity index (χ3v) is 2.51. The molecule has 2 heterocycles. The van der Waals surface area contributed by atoms with Gasteiger partial charge in [0, 0.05) is 28.7 Å². The highest BCUT2D eigenvalue weighted by atomic mass is 16.1. The summed E-state index contributed by atoms with van der Waals surface area (Å²) in [6.45, 7) is 5.84. The van der Waals surface area contributed by atoms with Crippen molar-refractivity contribution in [3.05, 3.63) is 51.7 Å². The largest absolute Gasteiger partial charge is 0.326 e. The maximum atomic E-state index is 11.1. The normalized spacial score (nSPS) is 10.4. The molecule has 0 aromatic carbocycles. The van der Waals surface area contributed by atoms with E-state index in [4.69, 9.17) is 0 Å². The Kier molecular flexibility index (Phi) is 2.60. The zero-order valence-electron chi connectivity index (χ0n) is 9.66. The number of H-pyrrole nitrogens is 1. The van der Waals surface area contributed by atoms with E-state index in [0.717, 1.165) is 28.2 Å². The van der Waals surface area contributed by atoms with Crippen LogP contribution >= 0.6 is 0 Å². The van der Waals surface area contributed by atoms with E-state index in [9.17, 15) is 4.79 Å². The van der Waals surface area contributed by atoms with Crippen LogP contribution in [0.4, 0.5) is 0 Å². The molecule has 2 aromatic rings. The van der Waals surface area contributed by atoms with E-state index in [1.54, 1.807) is 6.07 Å². The summed E-state index contributed by atoms with van der Waals surface area (Å²) in [6, 6.07) is 7.44. The van der Waals surface area contributed by atoms with Gasteiger partial charge in [0.2, 0.25) is 5.56 Å². The summed E-state index contributed by atoms with van der Waals surface area (Å²) in [6.07, 6.45) is 0. The van der Waals surface area contributed by atoms with Gasteiger partial charge in [0.25, 0.3) is 0 Å². The summed E-state index contributed by atoms with van der Waals surface area (Å²) < 4.78 is 0. The molecule has 1 N–H and O–H groups in total. The Morgan fingerprint density at radius 3 is 2.25 bits per heavy atom. The zero-order chi connectivity index (χ0) is 11.7. The molecule has 2 rings (SSSR count). The summed E-state index contributed by atoms with van der Waals surface area (Å²) in [5, 5.41) is 0. The molecule has 82 valence electrons. The topological polar surface area (TPSA) is 45.8 Å². The lowest BCUT2D eigenvalue weighted by atomic mass is 10.0. The van der Waals surface area contributed by atoms with Crippen LogP contribution in [0.2, 0.25) is 0 Å². The highest BCUT2D eigenvalue weighted by molar-refractivity contribution is 5.66. The molecule has 0 aliphatic rings. The first-order chi connectivity index (χ1) is 7.56. The Labute approximate surface area is 94.2 Å². The Balaban J connectivity index is 2.62. The molecule has 0 radical (unpaired) electrons. The van der Waals surface area contributed by atoms with Gasteiger partial charge in [-0.2, -0.15) is 0 Å². The molecule has 0 saturated carbocycles. The standard InChI is InChI=1S/C13H14N2O/c1-8-6-11(7-9(2)14-8)12-4-5-13(16)15-10(12)3/h4-7H,1-3H3,(H,15,16). The lowest BCUT2D eigenvalue weighted by Crippen LogP contribution is -2.05. The number of hydrogen-bond donors (Lipinski definition) is 1. The first-order valence-electron chi connectivity index (χ1n) is 5.22. The van der Waals surface area contributed by atoms with Crippen molar-refractivity contribution in [3.63, 3.8) is 0 Å². The van der Waals surface area contributed by atoms with Crippen LogP contribution in [0.5, 0.6) is 0 Å². The van der Waals surface area contributed by atoms with Gasteiger partial charge in [-0.05, 0) is 44.5 Å². The maximum Gasteiger partial charge on any atom is 0.248 e. The molecule has 0 fully saturated rings. The van der Waals surface area contributed by atoms with Gasteiger partial charge in [-0.3, -0.25) is 9.78 Å². The summed E-state index contributed by atoms with van der Waals surface area (Å²) in [5.41, 5.74) is 4.94. The summed E-state index contributed by atoms with van der Waals surface area (Å²) in [7, 11) is 0. The highest BCUT2D eigenvalue weighted by Crippen LogP contribution is 2.21. The summed E-state index contributed by atoms with van der Waals surface area (Å²) >= 11 is 0. The van der Waals surface area contributed by atoms with Gasteiger partial charge >= 0.3 is 0 Å². The predicted molar refractivity (Wildman–Crippen MR) is 64.5 cm³/mol. The molecule has 0 aliphatic heterocycles. The molecule has 0 saturated heterocycles. The average Bonchev–Trinajstić information content (AvgIpc) is 2.15. The lowest BCUT2D eigenvalue weighted by Gasteiger charge is -2.07. The summed E-state index contributed by atoms with van der Waals surface area (Å²) in [4.78, 5) is 18.3. The summed E-state index contributed by atoms with van der Waals surface area (Å²) in [5.74, 6) is 0. The lowest BCUT2D eigenvalue weighted by molar-refractivity contribution is 1.11. The Hall–Kier alpha value is -1.90. The molecule has 3 nitrogen and oxygen atoms in total. The smallest absolute Gasteiger partial charge is 0.248 e.